The molecule has 0 bridgehead atoms. The molecule has 9 heteroatoms. The minimum absolute atomic E-state index is 0.161. The number of ether oxygens (including phenoxy) is 1. The van der Waals surface area contributed by atoms with Gasteiger partial charge in [-0.3, -0.25) is 0 Å². The van der Waals surface area contributed by atoms with E-state index in [9.17, 15) is 18.0 Å². The number of anilines is 1. The van der Waals surface area contributed by atoms with Gasteiger partial charge in [0.2, 0.25) is 0 Å². The minimum atomic E-state index is -4.86. The molecule has 2 heterocycles. The molecule has 0 aliphatic heterocycles. The summed E-state index contributed by atoms with van der Waals surface area (Å²) in [6.07, 6.45) is -3.48. The Bertz CT molecular complexity index is 734. The van der Waals surface area contributed by atoms with Gasteiger partial charge >= 0.3 is 12.1 Å². The summed E-state index contributed by atoms with van der Waals surface area (Å²) in [4.78, 5) is 20.1. The lowest BCUT2D eigenvalue weighted by atomic mass is 10.1. The zero-order chi connectivity index (χ0) is 17.2. The maximum Gasteiger partial charge on any atom is 0.434 e. The predicted molar refractivity (Wildman–Crippen MR) is 76.6 cm³/mol. The lowest BCUT2D eigenvalue weighted by molar-refractivity contribution is -0.141. The normalized spacial score (nSPS) is 11.7. The Hall–Kier alpha value is -2.42. The molecule has 6 nitrogen and oxygen atoms in total. The molecule has 0 aliphatic carbocycles. The third kappa shape index (κ3) is 3.67. The second-order valence-electron chi connectivity index (χ2n) is 4.84. The van der Waals surface area contributed by atoms with Crippen molar-refractivity contribution >= 4 is 22.7 Å². The number of alkyl halides is 3. The highest BCUT2D eigenvalue weighted by atomic mass is 19.4. The zero-order valence-electron chi connectivity index (χ0n) is 12.4. The minimum Gasteiger partial charge on any atom is -0.478 e. The number of carboxylic acid groups (broad SMARTS) is 1. The first-order valence-corrected chi connectivity index (χ1v) is 6.55. The summed E-state index contributed by atoms with van der Waals surface area (Å²) in [7, 11) is 3.31. The average molecular weight is 329 g/mol. The number of aromatic carboxylic acids is 1. The van der Waals surface area contributed by atoms with Crippen LogP contribution in [-0.4, -0.2) is 48.4 Å². The molecule has 0 unspecified atom stereocenters. The molecule has 124 valence electrons. The summed E-state index contributed by atoms with van der Waals surface area (Å²) >= 11 is 0. The summed E-state index contributed by atoms with van der Waals surface area (Å²) in [6, 6.07) is 2.48. The molecule has 0 aliphatic rings. The van der Waals surface area contributed by atoms with E-state index < -0.39 is 23.4 Å². The highest BCUT2D eigenvalue weighted by Crippen LogP contribution is 2.32. The van der Waals surface area contributed by atoms with Crippen LogP contribution in [-0.2, 0) is 10.9 Å². The summed E-state index contributed by atoms with van der Waals surface area (Å²) in [6.45, 7) is 1.00. The van der Waals surface area contributed by atoms with Crippen molar-refractivity contribution in [1.82, 2.24) is 9.97 Å². The fourth-order valence-electron chi connectivity index (χ4n) is 2.00. The van der Waals surface area contributed by atoms with Gasteiger partial charge < -0.3 is 14.7 Å². The van der Waals surface area contributed by atoms with Crippen LogP contribution in [0.4, 0.5) is 18.9 Å². The number of aromatic nitrogens is 2. The first-order valence-electron chi connectivity index (χ1n) is 6.55. The standard InChI is InChI=1S/C14H14F3N3O3/c1-20(3-4-23-2)9-5-8-6-10(13(21)22)11(14(15,16)17)19-12(8)18-7-9/h5-7H,3-4H2,1-2H3,(H,21,22). The molecule has 0 saturated heterocycles. The first-order chi connectivity index (χ1) is 10.7. The van der Waals surface area contributed by atoms with E-state index >= 15 is 0 Å². The van der Waals surface area contributed by atoms with Gasteiger partial charge in [0.05, 0.1) is 24.1 Å². The van der Waals surface area contributed by atoms with Crippen LogP contribution in [0.15, 0.2) is 18.3 Å². The quantitative estimate of drug-likeness (QED) is 0.908. The van der Waals surface area contributed by atoms with Crippen molar-refractivity contribution in [2.24, 2.45) is 0 Å². The summed E-state index contributed by atoms with van der Waals surface area (Å²) in [5.74, 6) is -1.69. The van der Waals surface area contributed by atoms with Crippen LogP contribution in [0.3, 0.4) is 0 Å². The van der Waals surface area contributed by atoms with Crippen LogP contribution in [0.2, 0.25) is 0 Å². The maximum atomic E-state index is 12.9. The van der Waals surface area contributed by atoms with Crippen molar-refractivity contribution in [2.45, 2.75) is 6.18 Å². The highest BCUT2D eigenvalue weighted by Gasteiger charge is 2.38. The summed E-state index contributed by atoms with van der Waals surface area (Å²) < 4.78 is 43.7. The van der Waals surface area contributed by atoms with E-state index in [0.717, 1.165) is 6.07 Å². The molecule has 0 amide bonds. The molecule has 0 saturated carbocycles. The van der Waals surface area contributed by atoms with Gasteiger partial charge in [0.15, 0.2) is 11.3 Å². The number of rotatable bonds is 5. The van der Waals surface area contributed by atoms with Gasteiger partial charge in [0, 0.05) is 26.1 Å². The van der Waals surface area contributed by atoms with Crippen LogP contribution in [0.5, 0.6) is 0 Å². The van der Waals surface area contributed by atoms with Gasteiger partial charge in [-0.05, 0) is 12.1 Å². The van der Waals surface area contributed by atoms with Crippen molar-refractivity contribution < 1.29 is 27.8 Å². The van der Waals surface area contributed by atoms with Crippen molar-refractivity contribution in [1.29, 1.82) is 0 Å². The molecule has 1 N–H and O–H groups in total. The molecule has 2 aromatic heterocycles. The van der Waals surface area contributed by atoms with Gasteiger partial charge in [0.1, 0.15) is 0 Å². The fourth-order valence-corrected chi connectivity index (χ4v) is 2.00. The SMILES string of the molecule is COCCN(C)c1cnc2nc(C(F)(F)F)c(C(=O)O)cc2c1. The molecule has 0 atom stereocenters. The number of halogens is 3. The van der Waals surface area contributed by atoms with Gasteiger partial charge in [-0.15, -0.1) is 0 Å². The number of pyridine rings is 2. The van der Waals surface area contributed by atoms with Gasteiger partial charge in [-0.25, -0.2) is 14.8 Å². The number of nitrogens with zero attached hydrogens (tertiary/aromatic N) is 3. The molecule has 2 rings (SSSR count). The first kappa shape index (κ1) is 16.9. The van der Waals surface area contributed by atoms with Crippen LogP contribution in [0.1, 0.15) is 16.1 Å². The third-order valence-electron chi connectivity index (χ3n) is 3.22. The van der Waals surface area contributed by atoms with E-state index in [4.69, 9.17) is 9.84 Å². The number of carbonyl (C=O) groups is 1. The number of likely N-dealkylation sites (N-methyl/N-ethyl adjacent to an activating group) is 1. The lowest BCUT2D eigenvalue weighted by Gasteiger charge is -2.19. The Morgan fingerprint density at radius 3 is 2.65 bits per heavy atom. The van der Waals surface area contributed by atoms with Crippen LogP contribution >= 0.6 is 0 Å². The van der Waals surface area contributed by atoms with Crippen LogP contribution in [0, 0.1) is 0 Å². The van der Waals surface area contributed by atoms with E-state index in [1.807, 2.05) is 0 Å². The molecular weight excluding hydrogens is 315 g/mol. The molecule has 0 radical (unpaired) electrons. The Kier molecular flexibility index (Phi) is 4.69. The molecule has 2 aromatic rings. The molecular formula is C14H14F3N3O3. The Morgan fingerprint density at radius 1 is 1.39 bits per heavy atom. The van der Waals surface area contributed by atoms with Crippen molar-refractivity contribution in [3.8, 4) is 0 Å². The number of carboxylic acids is 1. The average Bonchev–Trinajstić information content (AvgIpc) is 2.49. The van der Waals surface area contributed by atoms with E-state index in [2.05, 4.69) is 9.97 Å². The summed E-state index contributed by atoms with van der Waals surface area (Å²) in [5, 5.41) is 9.22. The number of hydrogen-bond donors (Lipinski definition) is 1. The Morgan fingerprint density at radius 2 is 2.09 bits per heavy atom. The fraction of sp³-hybridized carbons (Fsp3) is 0.357. The zero-order valence-corrected chi connectivity index (χ0v) is 12.4. The number of hydrogen-bond acceptors (Lipinski definition) is 5. The van der Waals surface area contributed by atoms with Crippen LogP contribution < -0.4 is 4.90 Å². The number of fused-ring (bicyclic) bond motifs is 1. The lowest BCUT2D eigenvalue weighted by Crippen LogP contribution is -2.22. The van der Waals surface area contributed by atoms with Crippen molar-refractivity contribution in [2.75, 3.05) is 32.2 Å². The van der Waals surface area contributed by atoms with E-state index in [1.54, 1.807) is 19.1 Å². The van der Waals surface area contributed by atoms with Crippen molar-refractivity contribution in [3.05, 3.63) is 29.6 Å². The van der Waals surface area contributed by atoms with E-state index in [1.165, 1.54) is 12.3 Å². The molecule has 23 heavy (non-hydrogen) atoms. The highest BCUT2D eigenvalue weighted by molar-refractivity contribution is 5.94. The Labute approximate surface area is 129 Å². The maximum absolute atomic E-state index is 12.9. The summed E-state index contributed by atoms with van der Waals surface area (Å²) in [5.41, 5.74) is -1.90. The number of methoxy groups -OCH3 is 1. The van der Waals surface area contributed by atoms with Gasteiger partial charge in [-0.2, -0.15) is 13.2 Å². The predicted octanol–water partition coefficient (Wildman–Crippen LogP) is 2.43. The smallest absolute Gasteiger partial charge is 0.434 e. The molecule has 0 spiro atoms. The van der Waals surface area contributed by atoms with E-state index in [0.29, 0.717) is 18.8 Å². The second-order valence-corrected chi connectivity index (χ2v) is 4.84. The van der Waals surface area contributed by atoms with Gasteiger partial charge in [-0.1, -0.05) is 0 Å². The topological polar surface area (TPSA) is 75.5 Å². The van der Waals surface area contributed by atoms with Gasteiger partial charge in [0.25, 0.3) is 0 Å². The van der Waals surface area contributed by atoms with E-state index in [-0.39, 0.29) is 11.0 Å². The second kappa shape index (κ2) is 6.37. The largest absolute Gasteiger partial charge is 0.478 e. The Balaban J connectivity index is 2.53. The van der Waals surface area contributed by atoms with Crippen LogP contribution in [0.25, 0.3) is 11.0 Å². The molecule has 0 aromatic carbocycles. The van der Waals surface area contributed by atoms with Crippen molar-refractivity contribution in [3.63, 3.8) is 0 Å². The monoisotopic (exact) mass is 329 g/mol. The molecule has 0 fully saturated rings. The third-order valence-corrected chi connectivity index (χ3v) is 3.22.